The maximum Gasteiger partial charge on any atom is 0.307 e. The molecule has 0 saturated carbocycles. The van der Waals surface area contributed by atoms with Crippen molar-refractivity contribution in [1.29, 1.82) is 0 Å². The summed E-state index contributed by atoms with van der Waals surface area (Å²) in [5.74, 6) is -0.243. The molecule has 2 rings (SSSR count). The van der Waals surface area contributed by atoms with Gasteiger partial charge in [0.25, 0.3) is 6.29 Å². The zero-order valence-electron chi connectivity index (χ0n) is 13.8. The van der Waals surface area contributed by atoms with Gasteiger partial charge >= 0.3 is 5.97 Å². The lowest BCUT2D eigenvalue weighted by Gasteiger charge is -2.16. The standard InChI is InChI=1S/C19H21NO4/c1-3-19(24-20-14(2)16-7-5-4-6-8-16)23-17-11-9-15(10-12-17)13-18(21)22/h4-12,19H,3,13H2,1-2H3,(H,21,22)/b20-14-. The van der Waals surface area contributed by atoms with Crippen molar-refractivity contribution in [3.05, 3.63) is 65.7 Å². The number of carboxylic acid groups (broad SMARTS) is 1. The van der Waals surface area contributed by atoms with Crippen LogP contribution in [0.3, 0.4) is 0 Å². The number of ether oxygens (including phenoxy) is 1. The van der Waals surface area contributed by atoms with Crippen LogP contribution in [0.4, 0.5) is 0 Å². The molecular formula is C19H21NO4. The first-order chi connectivity index (χ1) is 11.6. The normalized spacial score (nSPS) is 12.5. The van der Waals surface area contributed by atoms with Gasteiger partial charge in [0.1, 0.15) is 5.75 Å². The molecule has 0 aliphatic carbocycles. The molecule has 1 atom stereocenters. The molecule has 5 heteroatoms. The van der Waals surface area contributed by atoms with Crippen molar-refractivity contribution in [2.24, 2.45) is 5.16 Å². The molecule has 1 N–H and O–H groups in total. The van der Waals surface area contributed by atoms with Gasteiger partial charge in [0.2, 0.25) is 0 Å². The van der Waals surface area contributed by atoms with Crippen LogP contribution in [0.25, 0.3) is 0 Å². The molecule has 0 aliphatic rings. The molecule has 0 fully saturated rings. The number of oxime groups is 1. The topological polar surface area (TPSA) is 68.1 Å². The Bertz CT molecular complexity index is 680. The Morgan fingerprint density at radius 1 is 1.12 bits per heavy atom. The van der Waals surface area contributed by atoms with Crippen LogP contribution in [0.5, 0.6) is 5.75 Å². The van der Waals surface area contributed by atoms with Crippen molar-refractivity contribution in [1.82, 2.24) is 0 Å². The molecule has 24 heavy (non-hydrogen) atoms. The van der Waals surface area contributed by atoms with Crippen LogP contribution in [-0.4, -0.2) is 23.1 Å². The highest BCUT2D eigenvalue weighted by molar-refractivity contribution is 5.98. The van der Waals surface area contributed by atoms with Crippen molar-refractivity contribution in [3.8, 4) is 5.75 Å². The Balaban J connectivity index is 1.95. The summed E-state index contributed by atoms with van der Waals surface area (Å²) < 4.78 is 5.73. The van der Waals surface area contributed by atoms with Gasteiger partial charge < -0.3 is 14.7 Å². The maximum absolute atomic E-state index is 10.7. The van der Waals surface area contributed by atoms with Crippen LogP contribution >= 0.6 is 0 Å². The fraction of sp³-hybridized carbons (Fsp3) is 0.263. The minimum atomic E-state index is -0.857. The molecule has 0 heterocycles. The highest BCUT2D eigenvalue weighted by Crippen LogP contribution is 2.16. The number of nitrogens with zero attached hydrogens (tertiary/aromatic N) is 1. The molecule has 1 unspecified atom stereocenters. The molecule has 0 aromatic heterocycles. The van der Waals surface area contributed by atoms with Crippen molar-refractivity contribution >= 4 is 11.7 Å². The highest BCUT2D eigenvalue weighted by Gasteiger charge is 2.10. The molecule has 0 amide bonds. The van der Waals surface area contributed by atoms with Gasteiger partial charge in [-0.05, 0) is 30.2 Å². The molecule has 2 aromatic carbocycles. The van der Waals surface area contributed by atoms with Crippen molar-refractivity contribution in [3.63, 3.8) is 0 Å². The molecule has 2 aromatic rings. The Morgan fingerprint density at radius 3 is 2.38 bits per heavy atom. The third-order valence-electron chi connectivity index (χ3n) is 3.38. The molecule has 0 spiro atoms. The molecular weight excluding hydrogens is 306 g/mol. The predicted octanol–water partition coefficient (Wildman–Crippen LogP) is 3.87. The summed E-state index contributed by atoms with van der Waals surface area (Å²) in [5, 5.41) is 12.9. The molecule has 0 radical (unpaired) electrons. The van der Waals surface area contributed by atoms with Gasteiger partial charge in [-0.2, -0.15) is 0 Å². The van der Waals surface area contributed by atoms with Crippen molar-refractivity contribution < 1.29 is 19.5 Å². The smallest absolute Gasteiger partial charge is 0.307 e. The minimum Gasteiger partial charge on any atom is -0.481 e. The third-order valence-corrected chi connectivity index (χ3v) is 3.38. The number of hydrogen-bond donors (Lipinski definition) is 1. The highest BCUT2D eigenvalue weighted by atomic mass is 16.8. The summed E-state index contributed by atoms with van der Waals surface area (Å²) in [6, 6.07) is 16.7. The second-order valence-electron chi connectivity index (χ2n) is 5.32. The molecule has 5 nitrogen and oxygen atoms in total. The summed E-state index contributed by atoms with van der Waals surface area (Å²) in [6.07, 6.45) is 0.116. The van der Waals surface area contributed by atoms with Crippen LogP contribution in [0.2, 0.25) is 0 Å². The van der Waals surface area contributed by atoms with E-state index in [-0.39, 0.29) is 6.42 Å². The number of hydrogen-bond acceptors (Lipinski definition) is 4. The monoisotopic (exact) mass is 327 g/mol. The van der Waals surface area contributed by atoms with E-state index in [9.17, 15) is 4.79 Å². The maximum atomic E-state index is 10.7. The van der Waals surface area contributed by atoms with E-state index in [4.69, 9.17) is 14.7 Å². The average molecular weight is 327 g/mol. The van der Waals surface area contributed by atoms with Crippen LogP contribution < -0.4 is 4.74 Å². The van der Waals surface area contributed by atoms with E-state index in [1.165, 1.54) is 0 Å². The predicted molar refractivity (Wildman–Crippen MR) is 92.2 cm³/mol. The number of carbonyl (C=O) groups is 1. The molecule has 0 bridgehead atoms. The van der Waals surface area contributed by atoms with Gasteiger partial charge in [0.15, 0.2) is 0 Å². The van der Waals surface area contributed by atoms with E-state index in [1.54, 1.807) is 24.3 Å². The molecule has 0 saturated heterocycles. The van der Waals surface area contributed by atoms with E-state index < -0.39 is 12.3 Å². The van der Waals surface area contributed by atoms with Gasteiger partial charge in [0.05, 0.1) is 12.1 Å². The molecule has 0 aliphatic heterocycles. The third kappa shape index (κ3) is 5.43. The van der Waals surface area contributed by atoms with Gasteiger partial charge in [-0.3, -0.25) is 4.79 Å². The first-order valence-electron chi connectivity index (χ1n) is 7.81. The van der Waals surface area contributed by atoms with E-state index in [0.29, 0.717) is 12.2 Å². The van der Waals surface area contributed by atoms with Crippen LogP contribution in [0.15, 0.2) is 59.8 Å². The van der Waals surface area contributed by atoms with Crippen molar-refractivity contribution in [2.75, 3.05) is 0 Å². The van der Waals surface area contributed by atoms with E-state index in [0.717, 1.165) is 16.8 Å². The second-order valence-corrected chi connectivity index (χ2v) is 5.32. The lowest BCUT2D eigenvalue weighted by atomic mass is 10.1. The number of aliphatic carboxylic acids is 1. The van der Waals surface area contributed by atoms with E-state index in [1.807, 2.05) is 44.2 Å². The van der Waals surface area contributed by atoms with E-state index >= 15 is 0 Å². The Morgan fingerprint density at radius 2 is 1.79 bits per heavy atom. The summed E-state index contributed by atoms with van der Waals surface area (Å²) in [4.78, 5) is 16.2. The number of rotatable bonds is 8. The minimum absolute atomic E-state index is 0.00541. The van der Waals surface area contributed by atoms with Gasteiger partial charge in [-0.15, -0.1) is 0 Å². The summed E-state index contributed by atoms with van der Waals surface area (Å²) >= 11 is 0. The Hall–Kier alpha value is -2.82. The Kier molecular flexibility index (Phi) is 6.37. The summed E-state index contributed by atoms with van der Waals surface area (Å²) in [5.41, 5.74) is 2.49. The van der Waals surface area contributed by atoms with Gasteiger partial charge in [-0.25, -0.2) is 0 Å². The first-order valence-corrected chi connectivity index (χ1v) is 7.81. The van der Waals surface area contributed by atoms with Gasteiger partial charge in [-0.1, -0.05) is 54.5 Å². The lowest BCUT2D eigenvalue weighted by Crippen LogP contribution is -2.18. The van der Waals surface area contributed by atoms with Crippen LogP contribution in [0.1, 0.15) is 31.4 Å². The largest absolute Gasteiger partial charge is 0.481 e. The Labute approximate surface area is 141 Å². The first kappa shape index (κ1) is 17.5. The van der Waals surface area contributed by atoms with Crippen LogP contribution in [-0.2, 0) is 16.1 Å². The second kappa shape index (κ2) is 8.72. The zero-order valence-corrected chi connectivity index (χ0v) is 13.8. The fourth-order valence-electron chi connectivity index (χ4n) is 2.06. The number of benzene rings is 2. The number of carboxylic acids is 1. The molecule has 126 valence electrons. The fourth-order valence-corrected chi connectivity index (χ4v) is 2.06. The van der Waals surface area contributed by atoms with Crippen molar-refractivity contribution in [2.45, 2.75) is 33.0 Å². The lowest BCUT2D eigenvalue weighted by molar-refractivity contribution is -0.136. The quantitative estimate of drug-likeness (QED) is 0.454. The zero-order chi connectivity index (χ0) is 17.4. The average Bonchev–Trinajstić information content (AvgIpc) is 2.60. The SMILES string of the molecule is CCC(O/N=C(/C)c1ccccc1)Oc1ccc(CC(=O)O)cc1. The summed E-state index contributed by atoms with van der Waals surface area (Å²) in [7, 11) is 0. The van der Waals surface area contributed by atoms with Crippen LogP contribution in [0, 0.1) is 0 Å². The summed E-state index contributed by atoms with van der Waals surface area (Å²) in [6.45, 7) is 3.82. The van der Waals surface area contributed by atoms with E-state index in [2.05, 4.69) is 5.16 Å². The van der Waals surface area contributed by atoms with Gasteiger partial charge in [0, 0.05) is 6.42 Å².